The number of hydrogen-bond acceptors (Lipinski definition) is 3. The van der Waals surface area contributed by atoms with Gasteiger partial charge in [-0.2, -0.15) is 5.10 Å². The van der Waals surface area contributed by atoms with Crippen LogP contribution in [0.5, 0.6) is 0 Å². The number of nitrogens with one attached hydrogen (secondary N) is 1. The Bertz CT molecular complexity index is 501. The molecule has 1 amide bonds. The topological polar surface area (TPSA) is 84.2 Å². The monoisotopic (exact) mass is 265 g/mol. The van der Waals surface area contributed by atoms with E-state index in [0.717, 1.165) is 31.4 Å². The number of amides is 1. The van der Waals surface area contributed by atoms with Crippen LogP contribution in [0.3, 0.4) is 0 Å². The predicted molar refractivity (Wildman–Crippen MR) is 68.9 cm³/mol. The molecule has 1 aliphatic rings. The first-order chi connectivity index (χ1) is 8.92. The van der Waals surface area contributed by atoms with E-state index in [0.29, 0.717) is 5.69 Å². The van der Waals surface area contributed by atoms with E-state index in [4.69, 9.17) is 5.11 Å². The summed E-state index contributed by atoms with van der Waals surface area (Å²) < 4.78 is 1.52. The molecule has 1 heterocycles. The zero-order chi connectivity index (χ0) is 14.0. The first-order valence-electron chi connectivity index (χ1n) is 6.47. The molecule has 0 radical (unpaired) electrons. The number of aliphatic carboxylic acids is 1. The molecule has 0 aliphatic heterocycles. The summed E-state index contributed by atoms with van der Waals surface area (Å²) in [6, 6.07) is 1.71. The van der Waals surface area contributed by atoms with Gasteiger partial charge in [-0.1, -0.05) is 12.8 Å². The van der Waals surface area contributed by atoms with Gasteiger partial charge in [-0.15, -0.1) is 0 Å². The van der Waals surface area contributed by atoms with Crippen LogP contribution < -0.4 is 5.32 Å². The predicted octanol–water partition coefficient (Wildman–Crippen LogP) is 1.25. The summed E-state index contributed by atoms with van der Waals surface area (Å²) in [5.74, 6) is -1.12. The third-order valence-corrected chi connectivity index (χ3v) is 3.66. The summed E-state index contributed by atoms with van der Waals surface area (Å²) in [6.07, 6.45) is 3.34. The third-order valence-electron chi connectivity index (χ3n) is 3.66. The molecular formula is C13H19N3O3. The quantitative estimate of drug-likeness (QED) is 0.858. The van der Waals surface area contributed by atoms with Crippen LogP contribution in [-0.2, 0) is 11.8 Å². The van der Waals surface area contributed by atoms with Crippen LogP contribution >= 0.6 is 0 Å². The summed E-state index contributed by atoms with van der Waals surface area (Å²) >= 11 is 0. The maximum atomic E-state index is 12.3. The Hall–Kier alpha value is -1.85. The largest absolute Gasteiger partial charge is 0.481 e. The SMILES string of the molecule is Cc1cc(C(=O)NC2(CC(=O)O)CCCC2)n(C)n1. The van der Waals surface area contributed by atoms with E-state index in [-0.39, 0.29) is 12.3 Å². The van der Waals surface area contributed by atoms with E-state index >= 15 is 0 Å². The maximum absolute atomic E-state index is 12.3. The van der Waals surface area contributed by atoms with Gasteiger partial charge in [-0.3, -0.25) is 14.3 Å². The van der Waals surface area contributed by atoms with Crippen molar-refractivity contribution in [2.75, 3.05) is 0 Å². The van der Waals surface area contributed by atoms with Crippen LogP contribution in [0.2, 0.25) is 0 Å². The number of carbonyl (C=O) groups is 2. The summed E-state index contributed by atoms with van der Waals surface area (Å²) in [7, 11) is 1.71. The van der Waals surface area contributed by atoms with Gasteiger partial charge < -0.3 is 10.4 Å². The van der Waals surface area contributed by atoms with Crippen molar-refractivity contribution in [1.29, 1.82) is 0 Å². The highest BCUT2D eigenvalue weighted by Gasteiger charge is 2.38. The first-order valence-corrected chi connectivity index (χ1v) is 6.47. The molecule has 6 nitrogen and oxygen atoms in total. The number of carboxylic acids is 1. The van der Waals surface area contributed by atoms with Gasteiger partial charge in [0, 0.05) is 7.05 Å². The smallest absolute Gasteiger partial charge is 0.305 e. The highest BCUT2D eigenvalue weighted by atomic mass is 16.4. The van der Waals surface area contributed by atoms with Crippen molar-refractivity contribution in [3.05, 3.63) is 17.5 Å². The number of aromatic nitrogens is 2. The second-order valence-corrected chi connectivity index (χ2v) is 5.31. The molecule has 0 unspecified atom stereocenters. The molecule has 2 rings (SSSR count). The van der Waals surface area contributed by atoms with E-state index in [1.54, 1.807) is 13.1 Å². The lowest BCUT2D eigenvalue weighted by molar-refractivity contribution is -0.138. The van der Waals surface area contributed by atoms with Crippen molar-refractivity contribution in [2.45, 2.75) is 44.6 Å². The molecule has 0 saturated heterocycles. The van der Waals surface area contributed by atoms with E-state index in [2.05, 4.69) is 10.4 Å². The fraction of sp³-hybridized carbons (Fsp3) is 0.615. The van der Waals surface area contributed by atoms with Gasteiger partial charge in [0.25, 0.3) is 5.91 Å². The van der Waals surface area contributed by atoms with Crippen molar-refractivity contribution in [3.63, 3.8) is 0 Å². The Labute approximate surface area is 111 Å². The van der Waals surface area contributed by atoms with Gasteiger partial charge >= 0.3 is 5.97 Å². The molecule has 0 spiro atoms. The molecule has 2 N–H and O–H groups in total. The van der Waals surface area contributed by atoms with Crippen LogP contribution in [0.15, 0.2) is 6.07 Å². The lowest BCUT2D eigenvalue weighted by atomic mass is 9.93. The lowest BCUT2D eigenvalue weighted by Gasteiger charge is -2.28. The van der Waals surface area contributed by atoms with Crippen molar-refractivity contribution in [2.24, 2.45) is 7.05 Å². The molecule has 1 aromatic rings. The van der Waals surface area contributed by atoms with Gasteiger partial charge in [0.2, 0.25) is 0 Å². The fourth-order valence-corrected chi connectivity index (χ4v) is 2.82. The molecule has 0 aromatic carbocycles. The minimum atomic E-state index is -0.872. The standard InChI is InChI=1S/C13H19N3O3/c1-9-7-10(16(2)15-9)12(19)14-13(8-11(17)18)5-3-4-6-13/h7H,3-6,8H2,1-2H3,(H,14,19)(H,17,18). The van der Waals surface area contributed by atoms with Crippen LogP contribution in [0.4, 0.5) is 0 Å². The van der Waals surface area contributed by atoms with Gasteiger partial charge in [0.05, 0.1) is 17.7 Å². The van der Waals surface area contributed by atoms with Gasteiger partial charge in [-0.05, 0) is 25.8 Å². The average molecular weight is 265 g/mol. The zero-order valence-electron chi connectivity index (χ0n) is 11.3. The number of hydrogen-bond donors (Lipinski definition) is 2. The number of aryl methyl sites for hydroxylation is 2. The molecule has 104 valence electrons. The highest BCUT2D eigenvalue weighted by Crippen LogP contribution is 2.32. The summed E-state index contributed by atoms with van der Waals surface area (Å²) in [5.41, 5.74) is 0.640. The fourth-order valence-electron chi connectivity index (χ4n) is 2.82. The second kappa shape index (κ2) is 5.03. The Morgan fingerprint density at radius 2 is 2.11 bits per heavy atom. The van der Waals surface area contributed by atoms with Gasteiger partial charge in [-0.25, -0.2) is 0 Å². The Kier molecular flexibility index (Phi) is 3.59. The third kappa shape index (κ3) is 2.94. The molecule has 1 aliphatic carbocycles. The molecule has 6 heteroatoms. The van der Waals surface area contributed by atoms with Crippen LogP contribution in [0.25, 0.3) is 0 Å². The Morgan fingerprint density at radius 3 is 2.58 bits per heavy atom. The molecule has 19 heavy (non-hydrogen) atoms. The minimum Gasteiger partial charge on any atom is -0.481 e. The number of carbonyl (C=O) groups excluding carboxylic acids is 1. The van der Waals surface area contributed by atoms with Crippen LogP contribution in [0.1, 0.15) is 48.3 Å². The van der Waals surface area contributed by atoms with Gasteiger partial charge in [0.15, 0.2) is 0 Å². The summed E-state index contributed by atoms with van der Waals surface area (Å²) in [4.78, 5) is 23.2. The van der Waals surface area contributed by atoms with Crippen molar-refractivity contribution >= 4 is 11.9 Å². The molecule has 0 bridgehead atoms. The molecular weight excluding hydrogens is 246 g/mol. The minimum absolute atomic E-state index is 0.0183. The van der Waals surface area contributed by atoms with E-state index in [1.807, 2.05) is 6.92 Å². The number of rotatable bonds is 4. The van der Waals surface area contributed by atoms with Crippen molar-refractivity contribution < 1.29 is 14.7 Å². The molecule has 1 saturated carbocycles. The molecule has 0 atom stereocenters. The second-order valence-electron chi connectivity index (χ2n) is 5.31. The first kappa shape index (κ1) is 13.6. The highest BCUT2D eigenvalue weighted by molar-refractivity contribution is 5.93. The van der Waals surface area contributed by atoms with E-state index < -0.39 is 11.5 Å². The maximum Gasteiger partial charge on any atom is 0.305 e. The van der Waals surface area contributed by atoms with Crippen LogP contribution in [0, 0.1) is 6.92 Å². The van der Waals surface area contributed by atoms with E-state index in [1.165, 1.54) is 4.68 Å². The van der Waals surface area contributed by atoms with Gasteiger partial charge in [0.1, 0.15) is 5.69 Å². The zero-order valence-corrected chi connectivity index (χ0v) is 11.3. The Morgan fingerprint density at radius 1 is 1.47 bits per heavy atom. The lowest BCUT2D eigenvalue weighted by Crippen LogP contribution is -2.48. The Balaban J connectivity index is 2.15. The van der Waals surface area contributed by atoms with Crippen LogP contribution in [-0.4, -0.2) is 32.3 Å². The van der Waals surface area contributed by atoms with E-state index in [9.17, 15) is 9.59 Å². The molecule has 1 fully saturated rings. The number of carboxylic acid groups (broad SMARTS) is 1. The normalized spacial score (nSPS) is 17.4. The summed E-state index contributed by atoms with van der Waals surface area (Å²) in [5, 5.41) is 16.1. The average Bonchev–Trinajstić information content (AvgIpc) is 2.85. The summed E-state index contributed by atoms with van der Waals surface area (Å²) in [6.45, 7) is 1.82. The molecule has 1 aromatic heterocycles. The number of nitrogens with zero attached hydrogens (tertiary/aromatic N) is 2. The van der Waals surface area contributed by atoms with Crippen molar-refractivity contribution in [3.8, 4) is 0 Å². The van der Waals surface area contributed by atoms with Crippen molar-refractivity contribution in [1.82, 2.24) is 15.1 Å².